The summed E-state index contributed by atoms with van der Waals surface area (Å²) >= 11 is 0. The summed E-state index contributed by atoms with van der Waals surface area (Å²) in [6.45, 7) is 5.04. The molecule has 0 saturated heterocycles. The smallest absolute Gasteiger partial charge is 0.255 e. The van der Waals surface area contributed by atoms with E-state index in [1.807, 2.05) is 24.3 Å². The maximum Gasteiger partial charge on any atom is 0.255 e. The van der Waals surface area contributed by atoms with E-state index in [-0.39, 0.29) is 17.2 Å². The summed E-state index contributed by atoms with van der Waals surface area (Å²) in [4.78, 5) is 12.1. The fraction of sp³-hybridized carbons (Fsp3) is 0.235. The van der Waals surface area contributed by atoms with Crippen molar-refractivity contribution in [3.05, 3.63) is 54.6 Å². The number of carbonyl (C=O) groups excluding carboxylic acids is 1. The maximum atomic E-state index is 12.1. The number of rotatable bonds is 7. The van der Waals surface area contributed by atoms with Gasteiger partial charge in [-0.2, -0.15) is 0 Å². The van der Waals surface area contributed by atoms with Crippen LogP contribution >= 0.6 is 0 Å². The quantitative estimate of drug-likeness (QED) is 0.607. The van der Waals surface area contributed by atoms with Crippen LogP contribution in [-0.4, -0.2) is 30.8 Å². The van der Waals surface area contributed by atoms with Gasteiger partial charge in [0.15, 0.2) is 0 Å². The summed E-state index contributed by atoms with van der Waals surface area (Å²) in [7, 11) is 0. The molecule has 0 aliphatic carbocycles. The third kappa shape index (κ3) is 4.07. The number of carbonyl (C=O) groups is 1. The molecule has 0 aromatic heterocycles. The summed E-state index contributed by atoms with van der Waals surface area (Å²) in [5.74, 6) is -0.315. The molecule has 2 aromatic rings. The van der Waals surface area contributed by atoms with Crippen LogP contribution in [0.4, 0.5) is 0 Å². The molecule has 0 bridgehead atoms. The molecule has 1 amide bonds. The minimum Gasteiger partial charge on any atom is -0.507 e. The predicted octanol–water partition coefficient (Wildman–Crippen LogP) is 2.87. The lowest BCUT2D eigenvalue weighted by molar-refractivity contribution is 0.0915. The Balaban J connectivity index is 1.96. The van der Waals surface area contributed by atoms with Crippen molar-refractivity contribution in [3.8, 4) is 5.75 Å². The van der Waals surface area contributed by atoms with Crippen molar-refractivity contribution < 1.29 is 14.6 Å². The van der Waals surface area contributed by atoms with Gasteiger partial charge >= 0.3 is 0 Å². The Hall–Kier alpha value is -2.33. The summed E-state index contributed by atoms with van der Waals surface area (Å²) in [6.07, 6.45) is 2.57. The van der Waals surface area contributed by atoms with Crippen molar-refractivity contribution in [2.24, 2.45) is 0 Å². The second kappa shape index (κ2) is 7.45. The van der Waals surface area contributed by atoms with Gasteiger partial charge in [0, 0.05) is 6.54 Å². The number of benzene rings is 2. The Kier molecular flexibility index (Phi) is 5.35. The Morgan fingerprint density at radius 2 is 1.95 bits per heavy atom. The summed E-state index contributed by atoms with van der Waals surface area (Å²) in [5.41, 5.74) is 0.278. The zero-order valence-electron chi connectivity index (χ0n) is 11.8. The molecule has 2 N–H and O–H groups in total. The lowest BCUT2D eigenvalue weighted by Crippen LogP contribution is -2.27. The highest BCUT2D eigenvalue weighted by Crippen LogP contribution is 2.24. The third-order valence-corrected chi connectivity index (χ3v) is 3.11. The highest BCUT2D eigenvalue weighted by atomic mass is 16.5. The first-order valence-electron chi connectivity index (χ1n) is 6.91. The van der Waals surface area contributed by atoms with Gasteiger partial charge in [0.2, 0.25) is 0 Å². The van der Waals surface area contributed by atoms with Gasteiger partial charge in [-0.3, -0.25) is 4.79 Å². The first-order chi connectivity index (χ1) is 10.2. The Morgan fingerprint density at radius 1 is 1.24 bits per heavy atom. The second-order valence-corrected chi connectivity index (χ2v) is 4.66. The number of aromatic hydroxyl groups is 1. The monoisotopic (exact) mass is 285 g/mol. The van der Waals surface area contributed by atoms with E-state index in [0.29, 0.717) is 19.8 Å². The van der Waals surface area contributed by atoms with Gasteiger partial charge in [-0.15, -0.1) is 6.58 Å². The van der Waals surface area contributed by atoms with E-state index < -0.39 is 0 Å². The predicted molar refractivity (Wildman–Crippen MR) is 83.6 cm³/mol. The van der Waals surface area contributed by atoms with Crippen molar-refractivity contribution in [2.45, 2.75) is 6.42 Å². The molecule has 0 unspecified atom stereocenters. The Bertz CT molecular complexity index is 637. The summed E-state index contributed by atoms with van der Waals surface area (Å²) < 4.78 is 5.31. The zero-order valence-corrected chi connectivity index (χ0v) is 11.8. The first kappa shape index (κ1) is 15.1. The molecule has 2 rings (SSSR count). The van der Waals surface area contributed by atoms with E-state index in [1.165, 1.54) is 0 Å². The molecule has 0 radical (unpaired) electrons. The number of ether oxygens (including phenoxy) is 1. The molecule has 0 atom stereocenters. The van der Waals surface area contributed by atoms with Crippen LogP contribution in [0, 0.1) is 0 Å². The van der Waals surface area contributed by atoms with E-state index in [4.69, 9.17) is 4.74 Å². The van der Waals surface area contributed by atoms with Crippen molar-refractivity contribution in [1.82, 2.24) is 5.32 Å². The number of hydrogen-bond acceptors (Lipinski definition) is 3. The van der Waals surface area contributed by atoms with Crippen LogP contribution < -0.4 is 5.32 Å². The molecule has 0 fully saturated rings. The van der Waals surface area contributed by atoms with E-state index in [9.17, 15) is 9.90 Å². The van der Waals surface area contributed by atoms with Crippen molar-refractivity contribution in [3.63, 3.8) is 0 Å². The Labute approximate surface area is 124 Å². The van der Waals surface area contributed by atoms with Crippen LogP contribution in [0.2, 0.25) is 0 Å². The number of phenols is 1. The van der Waals surface area contributed by atoms with Gasteiger partial charge in [-0.25, -0.2) is 0 Å². The van der Waals surface area contributed by atoms with Gasteiger partial charge in [-0.1, -0.05) is 30.3 Å². The van der Waals surface area contributed by atoms with Crippen LogP contribution in [0.15, 0.2) is 49.1 Å². The summed E-state index contributed by atoms with van der Waals surface area (Å²) in [5, 5.41) is 14.5. The zero-order chi connectivity index (χ0) is 15.1. The number of phenolic OH excluding ortho intramolecular Hbond substituents is 1. The highest BCUT2D eigenvalue weighted by molar-refractivity contribution is 6.01. The molecule has 4 nitrogen and oxygen atoms in total. The maximum absolute atomic E-state index is 12.1. The molecule has 0 saturated carbocycles. The van der Waals surface area contributed by atoms with Crippen LogP contribution in [0.5, 0.6) is 5.75 Å². The lowest BCUT2D eigenvalue weighted by atomic mass is 10.1. The third-order valence-electron chi connectivity index (χ3n) is 3.11. The van der Waals surface area contributed by atoms with Gasteiger partial charge in [0.05, 0.1) is 18.8 Å². The standard InChI is InChI=1S/C17H19NO3/c1-2-3-9-21-10-8-18-17(20)15-11-13-6-4-5-7-14(13)12-16(15)19/h2,4-7,11-12,19H,1,3,8-10H2,(H,18,20). The Morgan fingerprint density at radius 3 is 2.67 bits per heavy atom. The normalized spacial score (nSPS) is 10.5. The lowest BCUT2D eigenvalue weighted by Gasteiger charge is -2.08. The van der Waals surface area contributed by atoms with E-state index in [0.717, 1.165) is 17.2 Å². The summed E-state index contributed by atoms with van der Waals surface area (Å²) in [6, 6.07) is 10.9. The fourth-order valence-corrected chi connectivity index (χ4v) is 2.01. The SMILES string of the molecule is C=CCCOCCNC(=O)c1cc2ccccc2cc1O. The number of amides is 1. The molecule has 4 heteroatoms. The number of hydrogen-bond donors (Lipinski definition) is 2. The minimum absolute atomic E-state index is 0.0150. The van der Waals surface area contributed by atoms with Crippen LogP contribution in [0.3, 0.4) is 0 Å². The number of nitrogens with one attached hydrogen (secondary N) is 1. The van der Waals surface area contributed by atoms with Crippen LogP contribution in [0.1, 0.15) is 16.8 Å². The largest absolute Gasteiger partial charge is 0.507 e. The first-order valence-corrected chi connectivity index (χ1v) is 6.91. The molecule has 21 heavy (non-hydrogen) atoms. The molecule has 110 valence electrons. The average molecular weight is 285 g/mol. The molecule has 0 aliphatic rings. The molecular formula is C17H19NO3. The highest BCUT2D eigenvalue weighted by Gasteiger charge is 2.11. The van der Waals surface area contributed by atoms with Crippen LogP contribution in [-0.2, 0) is 4.74 Å². The molecule has 0 aliphatic heterocycles. The average Bonchev–Trinajstić information content (AvgIpc) is 2.49. The minimum atomic E-state index is -0.300. The second-order valence-electron chi connectivity index (χ2n) is 4.66. The van der Waals surface area contributed by atoms with E-state index in [2.05, 4.69) is 11.9 Å². The van der Waals surface area contributed by atoms with Gasteiger partial charge in [-0.05, 0) is 29.3 Å². The fourth-order valence-electron chi connectivity index (χ4n) is 2.01. The van der Waals surface area contributed by atoms with Crippen molar-refractivity contribution in [2.75, 3.05) is 19.8 Å². The molecule has 0 spiro atoms. The van der Waals surface area contributed by atoms with Crippen molar-refractivity contribution >= 4 is 16.7 Å². The number of fused-ring (bicyclic) bond motifs is 1. The van der Waals surface area contributed by atoms with Gasteiger partial charge in [0.25, 0.3) is 5.91 Å². The molecule has 2 aromatic carbocycles. The van der Waals surface area contributed by atoms with Crippen molar-refractivity contribution in [1.29, 1.82) is 0 Å². The van der Waals surface area contributed by atoms with Gasteiger partial charge < -0.3 is 15.2 Å². The topological polar surface area (TPSA) is 58.6 Å². The van der Waals surface area contributed by atoms with E-state index in [1.54, 1.807) is 18.2 Å². The van der Waals surface area contributed by atoms with E-state index >= 15 is 0 Å². The van der Waals surface area contributed by atoms with Gasteiger partial charge in [0.1, 0.15) is 5.75 Å². The molecular weight excluding hydrogens is 266 g/mol. The van der Waals surface area contributed by atoms with Crippen LogP contribution in [0.25, 0.3) is 10.8 Å². The molecule has 0 heterocycles.